The molecule has 2 aliphatic carbocycles. The number of hydrogen-bond acceptors (Lipinski definition) is 4. The van der Waals surface area contributed by atoms with Crippen molar-refractivity contribution >= 4 is 6.08 Å². The molecule has 160 valence electrons. The van der Waals surface area contributed by atoms with Crippen LogP contribution in [0, 0.1) is 23.6 Å². The van der Waals surface area contributed by atoms with Crippen molar-refractivity contribution in [3.8, 4) is 11.1 Å². The highest BCUT2D eigenvalue weighted by molar-refractivity contribution is 5.63. The minimum absolute atomic E-state index is 0.0735. The lowest BCUT2D eigenvalue weighted by Gasteiger charge is -2.32. The van der Waals surface area contributed by atoms with Crippen LogP contribution in [0.25, 0.3) is 17.2 Å². The fourth-order valence-electron chi connectivity index (χ4n) is 5.97. The van der Waals surface area contributed by atoms with Crippen LogP contribution in [-0.2, 0) is 12.5 Å². The number of halogens is 1. The number of fused-ring (bicyclic) bond motifs is 1. The normalized spacial score (nSPS) is 28.2. The van der Waals surface area contributed by atoms with Crippen molar-refractivity contribution in [1.29, 1.82) is 0 Å². The Bertz CT molecular complexity index is 1090. The van der Waals surface area contributed by atoms with Crippen LogP contribution in [0.4, 0.5) is 4.39 Å². The van der Waals surface area contributed by atoms with E-state index in [1.54, 1.807) is 6.07 Å². The van der Waals surface area contributed by atoms with Crippen LogP contribution >= 0.6 is 0 Å². The average molecular weight is 418 g/mol. The third kappa shape index (κ3) is 3.68. The molecule has 0 amide bonds. The van der Waals surface area contributed by atoms with Gasteiger partial charge in [0.25, 0.3) is 0 Å². The van der Waals surface area contributed by atoms with E-state index in [-0.39, 0.29) is 11.2 Å². The third-order valence-electron chi connectivity index (χ3n) is 7.40. The number of tetrazole rings is 1. The second-order valence-electron chi connectivity index (χ2n) is 9.32. The zero-order chi connectivity index (χ0) is 21.4. The zero-order valence-corrected chi connectivity index (χ0v) is 18.1. The fourth-order valence-corrected chi connectivity index (χ4v) is 5.97. The first-order chi connectivity index (χ1) is 15.0. The Balaban J connectivity index is 1.43. The van der Waals surface area contributed by atoms with Gasteiger partial charge >= 0.3 is 0 Å². The van der Waals surface area contributed by atoms with E-state index in [4.69, 9.17) is 0 Å². The van der Waals surface area contributed by atoms with Crippen molar-refractivity contribution in [2.75, 3.05) is 0 Å². The van der Waals surface area contributed by atoms with Crippen molar-refractivity contribution in [1.82, 2.24) is 25.2 Å². The quantitative estimate of drug-likeness (QED) is 0.585. The number of allylic oxidation sites excluding steroid dienone is 1. The van der Waals surface area contributed by atoms with Crippen LogP contribution in [0.5, 0.6) is 0 Å². The summed E-state index contributed by atoms with van der Waals surface area (Å²) < 4.78 is 15.4. The SMILES string of the molecule is Cn1nnnc1[C@@]1(C)C[C@H]2CCCC[C@H]2[C@@H]1C=Cc1ccc(-c2cccc(F)c2)cn1. The first-order valence-corrected chi connectivity index (χ1v) is 11.2. The Labute approximate surface area is 182 Å². The first-order valence-electron chi connectivity index (χ1n) is 11.2. The fraction of sp³-hybridized carbons (Fsp3) is 0.440. The summed E-state index contributed by atoms with van der Waals surface area (Å²) in [5, 5.41) is 12.4. The van der Waals surface area contributed by atoms with Gasteiger partial charge in [0.2, 0.25) is 0 Å². The molecule has 6 heteroatoms. The standard InChI is InChI=1S/C25H28FN5/c1-25(24-28-29-30-31(24)2)15-18-6-3-4-9-22(18)23(25)13-12-21-11-10-19(16-27-21)17-7-5-8-20(26)14-17/h5,7-8,10-14,16,18,22-23H,3-4,6,9,15H2,1-2H3/t18-,22-,23+,25+/m1/s1. The summed E-state index contributed by atoms with van der Waals surface area (Å²) in [6.07, 6.45) is 12.6. The van der Waals surface area contributed by atoms with E-state index in [9.17, 15) is 4.39 Å². The van der Waals surface area contributed by atoms with Crippen LogP contribution in [0.15, 0.2) is 48.7 Å². The van der Waals surface area contributed by atoms with Gasteiger partial charge in [-0.1, -0.05) is 50.5 Å². The van der Waals surface area contributed by atoms with Gasteiger partial charge in [-0.15, -0.1) is 5.10 Å². The summed E-state index contributed by atoms with van der Waals surface area (Å²) >= 11 is 0. The van der Waals surface area contributed by atoms with Gasteiger partial charge in [0.05, 0.1) is 5.69 Å². The number of hydrogen-bond donors (Lipinski definition) is 0. The summed E-state index contributed by atoms with van der Waals surface area (Å²) in [6.45, 7) is 2.33. The molecule has 31 heavy (non-hydrogen) atoms. The Morgan fingerprint density at radius 1 is 1.13 bits per heavy atom. The maximum atomic E-state index is 13.5. The van der Waals surface area contributed by atoms with Gasteiger partial charge in [-0.2, -0.15) is 0 Å². The van der Waals surface area contributed by atoms with Gasteiger partial charge in [0.1, 0.15) is 5.82 Å². The third-order valence-corrected chi connectivity index (χ3v) is 7.40. The Morgan fingerprint density at radius 3 is 2.74 bits per heavy atom. The summed E-state index contributed by atoms with van der Waals surface area (Å²) in [5.41, 5.74) is 2.60. The van der Waals surface area contributed by atoms with Gasteiger partial charge in [-0.3, -0.25) is 4.98 Å². The molecule has 2 aliphatic rings. The van der Waals surface area contributed by atoms with Crippen molar-refractivity contribution in [3.05, 3.63) is 66.0 Å². The van der Waals surface area contributed by atoms with E-state index < -0.39 is 0 Å². The molecule has 0 spiro atoms. The molecule has 0 bridgehead atoms. The number of nitrogens with zero attached hydrogens (tertiary/aromatic N) is 5. The van der Waals surface area contributed by atoms with Gasteiger partial charge in [-0.25, -0.2) is 9.07 Å². The maximum Gasteiger partial charge on any atom is 0.157 e. The van der Waals surface area contributed by atoms with Crippen LogP contribution in [0.1, 0.15) is 50.5 Å². The van der Waals surface area contributed by atoms with Crippen LogP contribution < -0.4 is 0 Å². The number of rotatable bonds is 4. The number of aryl methyl sites for hydroxylation is 1. The van der Waals surface area contributed by atoms with E-state index in [1.807, 2.05) is 36.1 Å². The van der Waals surface area contributed by atoms with E-state index in [2.05, 4.69) is 39.6 Å². The predicted molar refractivity (Wildman–Crippen MR) is 118 cm³/mol. The van der Waals surface area contributed by atoms with Gasteiger partial charge in [0, 0.05) is 24.2 Å². The van der Waals surface area contributed by atoms with E-state index in [1.165, 1.54) is 37.8 Å². The molecule has 5 nitrogen and oxygen atoms in total. The van der Waals surface area contributed by atoms with Crippen LogP contribution in [0.3, 0.4) is 0 Å². The second-order valence-corrected chi connectivity index (χ2v) is 9.32. The molecule has 1 aromatic carbocycles. The molecule has 2 aromatic heterocycles. The number of aromatic nitrogens is 5. The highest BCUT2D eigenvalue weighted by Crippen LogP contribution is 2.56. The molecule has 0 saturated heterocycles. The van der Waals surface area contributed by atoms with E-state index >= 15 is 0 Å². The first kappa shape index (κ1) is 20.0. The zero-order valence-electron chi connectivity index (χ0n) is 18.1. The maximum absolute atomic E-state index is 13.5. The van der Waals surface area contributed by atoms with Crippen molar-refractivity contribution < 1.29 is 4.39 Å². The Kier molecular flexibility index (Phi) is 5.16. The Hall–Kier alpha value is -2.89. The summed E-state index contributed by atoms with van der Waals surface area (Å²) in [4.78, 5) is 4.62. The van der Waals surface area contributed by atoms with Crippen LogP contribution in [0.2, 0.25) is 0 Å². The smallest absolute Gasteiger partial charge is 0.157 e. The van der Waals surface area contributed by atoms with Crippen molar-refractivity contribution in [2.24, 2.45) is 24.8 Å². The molecule has 0 aliphatic heterocycles. The lowest BCUT2D eigenvalue weighted by molar-refractivity contribution is 0.242. The molecule has 0 N–H and O–H groups in total. The molecule has 0 radical (unpaired) electrons. The predicted octanol–water partition coefficient (Wildman–Crippen LogP) is 5.21. The molecule has 2 saturated carbocycles. The van der Waals surface area contributed by atoms with Gasteiger partial charge in [-0.05, 0) is 70.9 Å². The molecule has 5 rings (SSSR count). The monoisotopic (exact) mass is 417 g/mol. The second kappa shape index (κ2) is 7.98. The summed E-state index contributed by atoms with van der Waals surface area (Å²) in [6, 6.07) is 10.6. The highest BCUT2D eigenvalue weighted by Gasteiger charge is 2.52. The molecule has 2 heterocycles. The number of pyridine rings is 1. The van der Waals surface area contributed by atoms with Crippen molar-refractivity contribution in [3.63, 3.8) is 0 Å². The van der Waals surface area contributed by atoms with Crippen LogP contribution in [-0.4, -0.2) is 25.2 Å². The largest absolute Gasteiger partial charge is 0.256 e. The molecular weight excluding hydrogens is 389 g/mol. The molecule has 0 unspecified atom stereocenters. The van der Waals surface area contributed by atoms with E-state index in [0.717, 1.165) is 35.0 Å². The lowest BCUT2D eigenvalue weighted by atomic mass is 9.73. The highest BCUT2D eigenvalue weighted by atomic mass is 19.1. The minimum Gasteiger partial charge on any atom is -0.256 e. The Morgan fingerprint density at radius 2 is 2.00 bits per heavy atom. The lowest BCUT2D eigenvalue weighted by Crippen LogP contribution is -2.32. The molecule has 2 fully saturated rings. The van der Waals surface area contributed by atoms with Crippen molar-refractivity contribution in [2.45, 2.75) is 44.4 Å². The van der Waals surface area contributed by atoms with Gasteiger partial charge < -0.3 is 0 Å². The average Bonchev–Trinajstić information content (AvgIpc) is 3.33. The minimum atomic E-state index is -0.234. The molecule has 4 atom stereocenters. The van der Waals surface area contributed by atoms with E-state index in [0.29, 0.717) is 11.8 Å². The summed E-state index contributed by atoms with van der Waals surface area (Å²) in [5.74, 6) is 2.52. The van der Waals surface area contributed by atoms with Gasteiger partial charge in [0.15, 0.2) is 5.82 Å². The molecule has 3 aromatic rings. The number of benzene rings is 1. The molecular formula is C25H28FN5. The topological polar surface area (TPSA) is 56.5 Å². The summed E-state index contributed by atoms with van der Waals surface area (Å²) in [7, 11) is 1.94.